The molecule has 0 unspecified atom stereocenters. The number of hydrogen-bond donors (Lipinski definition) is 2. The van der Waals surface area contributed by atoms with Crippen LogP contribution in [0.15, 0.2) is 42.7 Å². The lowest BCUT2D eigenvalue weighted by Crippen LogP contribution is -2.29. The first kappa shape index (κ1) is 14.4. The summed E-state index contributed by atoms with van der Waals surface area (Å²) in [7, 11) is 0. The van der Waals surface area contributed by atoms with Gasteiger partial charge in [0.25, 0.3) is 5.91 Å². The molecule has 114 valence electrons. The summed E-state index contributed by atoms with van der Waals surface area (Å²) in [4.78, 5) is 18.5. The van der Waals surface area contributed by atoms with Crippen molar-refractivity contribution in [2.75, 3.05) is 29.0 Å². The normalized spacial score (nSPS) is 14.6. The zero-order chi connectivity index (χ0) is 15.4. The van der Waals surface area contributed by atoms with Crippen molar-refractivity contribution < 1.29 is 4.79 Å². The highest BCUT2D eigenvalue weighted by atomic mass is 16.1. The molecular weight excluding hydrogens is 276 g/mol. The number of carbonyl (C=O) groups excluding carboxylic acids is 1. The highest BCUT2D eigenvalue weighted by molar-refractivity contribution is 6.07. The summed E-state index contributed by atoms with van der Waals surface area (Å²) in [6, 6.07) is 9.57. The number of carbonyl (C=O) groups is 1. The van der Waals surface area contributed by atoms with Crippen LogP contribution in [0, 0.1) is 0 Å². The first-order chi connectivity index (χ1) is 10.7. The topological polar surface area (TPSA) is 71.2 Å². The Kier molecular flexibility index (Phi) is 4.23. The molecule has 1 aliphatic heterocycles. The van der Waals surface area contributed by atoms with Crippen LogP contribution in [-0.2, 0) is 0 Å². The lowest BCUT2D eigenvalue weighted by molar-refractivity contribution is 0.102. The van der Waals surface area contributed by atoms with Gasteiger partial charge in [0, 0.05) is 42.5 Å². The number of nitrogens with zero attached hydrogens (tertiary/aromatic N) is 2. The van der Waals surface area contributed by atoms with E-state index in [-0.39, 0.29) is 5.91 Å². The van der Waals surface area contributed by atoms with Crippen molar-refractivity contribution in [1.29, 1.82) is 0 Å². The number of nitrogens with one attached hydrogen (secondary N) is 1. The Hall–Kier alpha value is -2.56. The molecule has 1 fully saturated rings. The summed E-state index contributed by atoms with van der Waals surface area (Å²) >= 11 is 0. The molecule has 0 atom stereocenters. The number of rotatable bonds is 3. The Labute approximate surface area is 130 Å². The SMILES string of the molecule is Nc1ccncc1C(=O)Nc1ccc(N2CCCCC2)cc1. The fraction of sp³-hybridized carbons (Fsp3) is 0.294. The number of nitrogen functional groups attached to an aromatic ring is 1. The number of nitrogens with two attached hydrogens (primary N) is 1. The zero-order valence-corrected chi connectivity index (χ0v) is 12.5. The molecule has 1 amide bonds. The Bertz CT molecular complexity index is 648. The minimum absolute atomic E-state index is 0.240. The van der Waals surface area contributed by atoms with E-state index in [2.05, 4.69) is 15.2 Å². The molecule has 1 aliphatic rings. The van der Waals surface area contributed by atoms with Gasteiger partial charge >= 0.3 is 0 Å². The lowest BCUT2D eigenvalue weighted by Gasteiger charge is -2.28. The van der Waals surface area contributed by atoms with Crippen LogP contribution in [-0.4, -0.2) is 24.0 Å². The van der Waals surface area contributed by atoms with Crippen LogP contribution < -0.4 is 16.0 Å². The summed E-state index contributed by atoms with van der Waals surface area (Å²) in [5, 5.41) is 2.85. The van der Waals surface area contributed by atoms with E-state index in [1.165, 1.54) is 31.1 Å². The molecule has 0 bridgehead atoms. The van der Waals surface area contributed by atoms with Gasteiger partial charge in [0.15, 0.2) is 0 Å². The van der Waals surface area contributed by atoms with Crippen LogP contribution in [0.4, 0.5) is 17.1 Å². The number of anilines is 3. The van der Waals surface area contributed by atoms with E-state index >= 15 is 0 Å². The molecule has 0 saturated carbocycles. The molecule has 1 aromatic heterocycles. The van der Waals surface area contributed by atoms with E-state index in [9.17, 15) is 4.79 Å². The monoisotopic (exact) mass is 296 g/mol. The van der Waals surface area contributed by atoms with Gasteiger partial charge in [-0.05, 0) is 49.6 Å². The highest BCUT2D eigenvalue weighted by Crippen LogP contribution is 2.22. The van der Waals surface area contributed by atoms with Crippen molar-refractivity contribution in [3.63, 3.8) is 0 Å². The summed E-state index contributed by atoms with van der Waals surface area (Å²) < 4.78 is 0. The van der Waals surface area contributed by atoms with Gasteiger partial charge in [0.05, 0.1) is 5.56 Å². The average molecular weight is 296 g/mol. The third-order valence-electron chi connectivity index (χ3n) is 3.95. The molecule has 0 spiro atoms. The van der Waals surface area contributed by atoms with E-state index in [1.54, 1.807) is 12.3 Å². The van der Waals surface area contributed by atoms with Crippen molar-refractivity contribution in [2.45, 2.75) is 19.3 Å². The Balaban J connectivity index is 1.68. The summed E-state index contributed by atoms with van der Waals surface area (Å²) in [5.74, 6) is -0.240. The van der Waals surface area contributed by atoms with Crippen molar-refractivity contribution in [2.24, 2.45) is 0 Å². The minimum atomic E-state index is -0.240. The smallest absolute Gasteiger partial charge is 0.259 e. The fourth-order valence-electron chi connectivity index (χ4n) is 2.70. The number of benzene rings is 1. The third-order valence-corrected chi connectivity index (χ3v) is 3.95. The third kappa shape index (κ3) is 3.19. The molecule has 5 nitrogen and oxygen atoms in total. The number of pyridine rings is 1. The molecule has 0 aliphatic carbocycles. The predicted molar refractivity (Wildman–Crippen MR) is 89.1 cm³/mol. The average Bonchev–Trinajstić information content (AvgIpc) is 2.57. The highest BCUT2D eigenvalue weighted by Gasteiger charge is 2.12. The van der Waals surface area contributed by atoms with E-state index in [1.807, 2.05) is 24.3 Å². The molecule has 1 saturated heterocycles. The number of hydrogen-bond acceptors (Lipinski definition) is 4. The van der Waals surface area contributed by atoms with Crippen molar-refractivity contribution in [3.8, 4) is 0 Å². The number of aromatic nitrogens is 1. The Morgan fingerprint density at radius 2 is 1.82 bits per heavy atom. The quantitative estimate of drug-likeness (QED) is 0.913. The molecule has 3 N–H and O–H groups in total. The largest absolute Gasteiger partial charge is 0.398 e. The van der Waals surface area contributed by atoms with Crippen LogP contribution >= 0.6 is 0 Å². The Morgan fingerprint density at radius 3 is 2.50 bits per heavy atom. The van der Waals surface area contributed by atoms with Crippen molar-refractivity contribution in [1.82, 2.24) is 4.98 Å². The van der Waals surface area contributed by atoms with Crippen molar-refractivity contribution >= 4 is 23.0 Å². The van der Waals surface area contributed by atoms with Crippen LogP contribution in [0.1, 0.15) is 29.6 Å². The number of piperidine rings is 1. The molecule has 1 aromatic carbocycles. The van der Waals surface area contributed by atoms with E-state index < -0.39 is 0 Å². The van der Waals surface area contributed by atoms with Gasteiger partial charge in [0.1, 0.15) is 0 Å². The molecular formula is C17H20N4O. The maximum atomic E-state index is 12.2. The maximum Gasteiger partial charge on any atom is 0.259 e. The molecule has 0 radical (unpaired) electrons. The first-order valence-corrected chi connectivity index (χ1v) is 7.60. The van der Waals surface area contributed by atoms with Crippen LogP contribution in [0.2, 0.25) is 0 Å². The molecule has 3 rings (SSSR count). The minimum Gasteiger partial charge on any atom is -0.398 e. The van der Waals surface area contributed by atoms with Gasteiger partial charge < -0.3 is 16.0 Å². The summed E-state index contributed by atoms with van der Waals surface area (Å²) in [6.45, 7) is 2.22. The predicted octanol–water partition coefficient (Wildman–Crippen LogP) is 2.91. The van der Waals surface area contributed by atoms with Gasteiger partial charge in [0.2, 0.25) is 0 Å². The van der Waals surface area contributed by atoms with E-state index in [4.69, 9.17) is 5.73 Å². The van der Waals surface area contributed by atoms with Crippen LogP contribution in [0.5, 0.6) is 0 Å². The van der Waals surface area contributed by atoms with E-state index in [0.29, 0.717) is 11.3 Å². The second-order valence-corrected chi connectivity index (χ2v) is 5.51. The van der Waals surface area contributed by atoms with Gasteiger partial charge in [-0.15, -0.1) is 0 Å². The Morgan fingerprint density at radius 1 is 1.09 bits per heavy atom. The summed E-state index contributed by atoms with van der Waals surface area (Å²) in [6.07, 6.45) is 6.86. The van der Waals surface area contributed by atoms with Gasteiger partial charge in [-0.3, -0.25) is 9.78 Å². The second-order valence-electron chi connectivity index (χ2n) is 5.51. The van der Waals surface area contributed by atoms with Crippen molar-refractivity contribution in [3.05, 3.63) is 48.3 Å². The van der Waals surface area contributed by atoms with Gasteiger partial charge in [-0.25, -0.2) is 0 Å². The van der Waals surface area contributed by atoms with Crippen LogP contribution in [0.3, 0.4) is 0 Å². The van der Waals surface area contributed by atoms with Gasteiger partial charge in [-0.2, -0.15) is 0 Å². The number of amides is 1. The fourth-order valence-corrected chi connectivity index (χ4v) is 2.70. The second kappa shape index (κ2) is 6.47. The summed E-state index contributed by atoms with van der Waals surface area (Å²) in [5.41, 5.74) is 8.57. The first-order valence-electron chi connectivity index (χ1n) is 7.60. The van der Waals surface area contributed by atoms with Gasteiger partial charge in [-0.1, -0.05) is 0 Å². The maximum absolute atomic E-state index is 12.2. The zero-order valence-electron chi connectivity index (χ0n) is 12.5. The molecule has 5 heteroatoms. The molecule has 2 aromatic rings. The lowest BCUT2D eigenvalue weighted by atomic mass is 10.1. The standard InChI is InChI=1S/C17H20N4O/c18-16-8-9-19-12-15(16)17(22)20-13-4-6-14(7-5-13)21-10-2-1-3-11-21/h4-9,12H,1-3,10-11H2,(H2,18,19)(H,20,22). The van der Waals surface area contributed by atoms with E-state index in [0.717, 1.165) is 18.8 Å². The molecule has 2 heterocycles. The molecule has 22 heavy (non-hydrogen) atoms. The van der Waals surface area contributed by atoms with Crippen LogP contribution in [0.25, 0.3) is 0 Å².